The molecule has 4 heterocycles. The summed E-state index contributed by atoms with van der Waals surface area (Å²) in [6, 6.07) is 7.96. The van der Waals surface area contributed by atoms with Crippen molar-refractivity contribution in [3.63, 3.8) is 0 Å². The lowest BCUT2D eigenvalue weighted by atomic mass is 9.97. The maximum Gasteiger partial charge on any atom is 0.265 e. The summed E-state index contributed by atoms with van der Waals surface area (Å²) in [6.07, 6.45) is 3.48. The molecule has 1 fully saturated rings. The van der Waals surface area contributed by atoms with Gasteiger partial charge in [0.25, 0.3) is 5.95 Å². The SMILES string of the molecule is CN(C)c1noc(C2CCN(c3ncnc4c3oc3ccccc34)CC2)n1. The number of nitrogens with zero attached hydrogens (tertiary/aromatic N) is 6. The summed E-state index contributed by atoms with van der Waals surface area (Å²) in [6.45, 7) is 1.71. The van der Waals surface area contributed by atoms with E-state index in [9.17, 15) is 0 Å². The van der Waals surface area contributed by atoms with Gasteiger partial charge in [-0.3, -0.25) is 0 Å². The summed E-state index contributed by atoms with van der Waals surface area (Å²) >= 11 is 0. The zero-order valence-corrected chi connectivity index (χ0v) is 15.3. The molecule has 0 bridgehead atoms. The molecule has 138 valence electrons. The molecule has 0 saturated carbocycles. The minimum Gasteiger partial charge on any atom is -0.450 e. The Morgan fingerprint density at radius 1 is 1.11 bits per heavy atom. The molecule has 3 aromatic heterocycles. The molecule has 0 atom stereocenters. The minimum atomic E-state index is 0.274. The normalized spacial score (nSPS) is 15.7. The van der Waals surface area contributed by atoms with Gasteiger partial charge in [-0.05, 0) is 30.1 Å². The number of piperidine rings is 1. The standard InChI is InChI=1S/C19H20N6O2/c1-24(2)19-22-18(27-23-19)12-7-9-25(10-8-12)17-16-15(20-11-21-17)13-5-3-4-6-14(13)26-16/h3-6,11-12H,7-10H2,1-2H3. The molecule has 4 aromatic rings. The third kappa shape index (κ3) is 2.68. The van der Waals surface area contributed by atoms with Gasteiger partial charge in [-0.25, -0.2) is 9.97 Å². The number of hydrogen-bond acceptors (Lipinski definition) is 8. The molecule has 5 rings (SSSR count). The van der Waals surface area contributed by atoms with Gasteiger partial charge in [0.05, 0.1) is 0 Å². The third-order valence-corrected chi connectivity index (χ3v) is 5.11. The molecule has 1 aliphatic rings. The molecule has 0 N–H and O–H groups in total. The Bertz CT molecular complexity index is 1090. The summed E-state index contributed by atoms with van der Waals surface area (Å²) in [5.41, 5.74) is 2.46. The largest absolute Gasteiger partial charge is 0.450 e. The van der Waals surface area contributed by atoms with E-state index >= 15 is 0 Å². The first-order valence-corrected chi connectivity index (χ1v) is 9.09. The number of rotatable bonds is 3. The Morgan fingerprint density at radius 3 is 2.70 bits per heavy atom. The van der Waals surface area contributed by atoms with Crippen molar-refractivity contribution in [3.05, 3.63) is 36.5 Å². The van der Waals surface area contributed by atoms with Crippen molar-refractivity contribution < 1.29 is 8.94 Å². The van der Waals surface area contributed by atoms with Gasteiger partial charge < -0.3 is 18.7 Å². The first-order chi connectivity index (χ1) is 13.2. The molecule has 0 radical (unpaired) electrons. The van der Waals surface area contributed by atoms with Crippen LogP contribution in [0.15, 0.2) is 39.5 Å². The molecular formula is C19H20N6O2. The van der Waals surface area contributed by atoms with E-state index in [0.29, 0.717) is 5.95 Å². The number of hydrogen-bond donors (Lipinski definition) is 0. The Morgan fingerprint density at radius 2 is 1.93 bits per heavy atom. The topological polar surface area (TPSA) is 84.3 Å². The fourth-order valence-electron chi connectivity index (χ4n) is 3.65. The number of fused-ring (bicyclic) bond motifs is 3. The second-order valence-electron chi connectivity index (χ2n) is 7.06. The third-order valence-electron chi connectivity index (χ3n) is 5.11. The molecule has 8 nitrogen and oxygen atoms in total. The first kappa shape index (κ1) is 16.0. The molecule has 8 heteroatoms. The zero-order valence-electron chi connectivity index (χ0n) is 15.3. The van der Waals surface area contributed by atoms with Gasteiger partial charge in [0.2, 0.25) is 5.89 Å². The summed E-state index contributed by atoms with van der Waals surface area (Å²) in [4.78, 5) is 17.6. The molecule has 0 spiro atoms. The van der Waals surface area contributed by atoms with E-state index in [0.717, 1.165) is 59.7 Å². The highest BCUT2D eigenvalue weighted by atomic mass is 16.5. The molecule has 1 aliphatic heterocycles. The zero-order chi connectivity index (χ0) is 18.4. The van der Waals surface area contributed by atoms with Crippen molar-refractivity contribution in [2.75, 3.05) is 37.0 Å². The maximum atomic E-state index is 6.06. The molecular weight excluding hydrogens is 344 g/mol. The Kier molecular flexibility index (Phi) is 3.70. The highest BCUT2D eigenvalue weighted by Crippen LogP contribution is 2.35. The monoisotopic (exact) mass is 364 g/mol. The first-order valence-electron chi connectivity index (χ1n) is 9.09. The van der Waals surface area contributed by atoms with Crippen molar-refractivity contribution in [1.29, 1.82) is 0 Å². The van der Waals surface area contributed by atoms with Gasteiger partial charge in [-0.1, -0.05) is 12.1 Å². The summed E-state index contributed by atoms with van der Waals surface area (Å²) < 4.78 is 11.5. The van der Waals surface area contributed by atoms with E-state index in [2.05, 4.69) is 25.0 Å². The summed E-state index contributed by atoms with van der Waals surface area (Å²) in [5.74, 6) is 2.46. The number of furan rings is 1. The number of para-hydroxylation sites is 1. The number of aromatic nitrogens is 4. The Balaban J connectivity index is 1.40. The molecule has 27 heavy (non-hydrogen) atoms. The van der Waals surface area contributed by atoms with Crippen molar-refractivity contribution >= 4 is 33.8 Å². The van der Waals surface area contributed by atoms with Crippen LogP contribution in [0.3, 0.4) is 0 Å². The van der Waals surface area contributed by atoms with Gasteiger partial charge in [0.15, 0.2) is 11.4 Å². The summed E-state index contributed by atoms with van der Waals surface area (Å²) in [5, 5.41) is 5.05. The minimum absolute atomic E-state index is 0.274. The predicted molar refractivity (Wildman–Crippen MR) is 102 cm³/mol. The van der Waals surface area contributed by atoms with E-state index in [4.69, 9.17) is 8.94 Å². The molecule has 0 aliphatic carbocycles. The van der Waals surface area contributed by atoms with Gasteiger partial charge in [0.1, 0.15) is 17.4 Å². The van der Waals surface area contributed by atoms with Crippen LogP contribution in [-0.2, 0) is 0 Å². The van der Waals surface area contributed by atoms with Crippen molar-refractivity contribution in [1.82, 2.24) is 20.1 Å². The van der Waals surface area contributed by atoms with Crippen LogP contribution < -0.4 is 9.80 Å². The molecule has 1 saturated heterocycles. The predicted octanol–water partition coefficient (Wildman–Crippen LogP) is 3.21. The van der Waals surface area contributed by atoms with E-state index in [-0.39, 0.29) is 5.92 Å². The van der Waals surface area contributed by atoms with E-state index < -0.39 is 0 Å². The lowest BCUT2D eigenvalue weighted by Crippen LogP contribution is -2.33. The average molecular weight is 364 g/mol. The molecule has 0 amide bonds. The van der Waals surface area contributed by atoms with Gasteiger partial charge in [0, 0.05) is 38.5 Å². The fourth-order valence-corrected chi connectivity index (χ4v) is 3.65. The second kappa shape index (κ2) is 6.22. The Hall–Kier alpha value is -3.16. The lowest BCUT2D eigenvalue weighted by molar-refractivity contribution is 0.329. The van der Waals surface area contributed by atoms with E-state index in [1.807, 2.05) is 43.3 Å². The molecule has 0 unspecified atom stereocenters. The number of benzene rings is 1. The Labute approximate surface area is 155 Å². The van der Waals surface area contributed by atoms with Gasteiger partial charge in [-0.15, -0.1) is 0 Å². The average Bonchev–Trinajstić information content (AvgIpc) is 3.33. The lowest BCUT2D eigenvalue weighted by Gasteiger charge is -2.30. The van der Waals surface area contributed by atoms with Crippen LogP contribution in [0.4, 0.5) is 11.8 Å². The maximum absolute atomic E-state index is 6.06. The van der Waals surface area contributed by atoms with Crippen LogP contribution in [0.25, 0.3) is 22.1 Å². The van der Waals surface area contributed by atoms with Gasteiger partial charge >= 0.3 is 0 Å². The number of anilines is 2. The van der Waals surface area contributed by atoms with Crippen LogP contribution in [0, 0.1) is 0 Å². The van der Waals surface area contributed by atoms with Crippen LogP contribution in [0.2, 0.25) is 0 Å². The quantitative estimate of drug-likeness (QED) is 0.548. The smallest absolute Gasteiger partial charge is 0.265 e. The van der Waals surface area contributed by atoms with Gasteiger partial charge in [-0.2, -0.15) is 4.98 Å². The summed E-state index contributed by atoms with van der Waals surface area (Å²) in [7, 11) is 3.82. The van der Waals surface area contributed by atoms with Crippen molar-refractivity contribution in [2.24, 2.45) is 0 Å². The van der Waals surface area contributed by atoms with E-state index in [1.165, 1.54) is 0 Å². The van der Waals surface area contributed by atoms with E-state index in [1.54, 1.807) is 6.33 Å². The van der Waals surface area contributed by atoms with Crippen LogP contribution in [0.5, 0.6) is 0 Å². The highest BCUT2D eigenvalue weighted by molar-refractivity contribution is 6.05. The second-order valence-corrected chi connectivity index (χ2v) is 7.06. The van der Waals surface area contributed by atoms with Crippen LogP contribution in [0.1, 0.15) is 24.7 Å². The van der Waals surface area contributed by atoms with Crippen LogP contribution >= 0.6 is 0 Å². The van der Waals surface area contributed by atoms with Crippen molar-refractivity contribution in [2.45, 2.75) is 18.8 Å². The highest BCUT2D eigenvalue weighted by Gasteiger charge is 2.28. The fraction of sp³-hybridized carbons (Fsp3) is 0.368. The van der Waals surface area contributed by atoms with Crippen molar-refractivity contribution in [3.8, 4) is 0 Å². The van der Waals surface area contributed by atoms with Crippen LogP contribution in [-0.4, -0.2) is 47.3 Å². The molecule has 1 aromatic carbocycles.